The van der Waals surface area contributed by atoms with Crippen LogP contribution in [0.25, 0.3) is 0 Å². The summed E-state index contributed by atoms with van der Waals surface area (Å²) in [5.41, 5.74) is -3.73. The summed E-state index contributed by atoms with van der Waals surface area (Å²) in [6.07, 6.45) is -7.42. The van der Waals surface area contributed by atoms with Crippen LogP contribution in [0.4, 0.5) is 26.3 Å². The number of hydrogen-bond donors (Lipinski definition) is 2. The molecule has 0 aliphatic rings. The van der Waals surface area contributed by atoms with E-state index in [2.05, 4.69) is 14.6 Å². The molecule has 0 unspecified atom stereocenters. The maximum absolute atomic E-state index is 13.4. The number of ether oxygens (including phenoxy) is 2. The molecule has 0 atom stereocenters. The average molecular weight is 709 g/mol. The predicted octanol–water partition coefficient (Wildman–Crippen LogP) is 6.36. The van der Waals surface area contributed by atoms with Gasteiger partial charge in [0, 0.05) is 17.5 Å². The van der Waals surface area contributed by atoms with Crippen LogP contribution in [-0.4, -0.2) is 75.1 Å². The van der Waals surface area contributed by atoms with Crippen molar-refractivity contribution in [1.29, 1.82) is 0 Å². The Morgan fingerprint density at radius 3 is 1.46 bits per heavy atom. The van der Waals surface area contributed by atoms with Gasteiger partial charge in [-0.3, -0.25) is 8.84 Å². The first-order chi connectivity index (χ1) is 21.3. The van der Waals surface area contributed by atoms with E-state index in [1.54, 1.807) is 6.92 Å². The van der Waals surface area contributed by atoms with E-state index in [1.165, 1.54) is 24.3 Å². The van der Waals surface area contributed by atoms with Crippen molar-refractivity contribution in [3.63, 3.8) is 0 Å². The Morgan fingerprint density at radius 1 is 0.696 bits per heavy atom. The van der Waals surface area contributed by atoms with Gasteiger partial charge in [-0.1, -0.05) is 37.0 Å². The Labute approximate surface area is 262 Å². The SMILES string of the molecule is CCCCS(=O)(=O)O.CCCCS(=O)(=O)ON=C(c1ccc(OCCCOc2ccc(C(=NO)C(F)(F)F)cc2)cc1)C(F)(F)F. The van der Waals surface area contributed by atoms with Crippen LogP contribution in [-0.2, 0) is 24.5 Å². The highest BCUT2D eigenvalue weighted by Gasteiger charge is 2.39. The molecule has 0 radical (unpaired) electrons. The fourth-order valence-corrected chi connectivity index (χ4v) is 4.74. The van der Waals surface area contributed by atoms with Crippen molar-refractivity contribution in [2.24, 2.45) is 10.3 Å². The minimum Gasteiger partial charge on any atom is -0.493 e. The first-order valence-corrected chi connectivity index (χ1v) is 16.8. The highest BCUT2D eigenvalue weighted by Crippen LogP contribution is 2.26. The lowest BCUT2D eigenvalue weighted by atomic mass is 10.1. The number of alkyl halides is 6. The minimum absolute atomic E-state index is 0.103. The Hall–Kier alpha value is -3.58. The molecule has 0 heterocycles. The molecule has 0 fully saturated rings. The number of unbranched alkanes of at least 4 members (excludes halogenated alkanes) is 2. The van der Waals surface area contributed by atoms with Crippen molar-refractivity contribution in [3.8, 4) is 11.5 Å². The van der Waals surface area contributed by atoms with Crippen LogP contribution in [0, 0.1) is 0 Å². The third-order valence-corrected chi connectivity index (χ3v) is 7.36. The summed E-state index contributed by atoms with van der Waals surface area (Å²) in [5.74, 6) is -0.0874. The normalized spacial score (nSPS) is 13.1. The van der Waals surface area contributed by atoms with Crippen molar-refractivity contribution < 1.29 is 66.7 Å². The summed E-state index contributed by atoms with van der Waals surface area (Å²) in [7, 11) is -7.94. The number of rotatable bonds is 16. The van der Waals surface area contributed by atoms with E-state index in [9.17, 15) is 43.2 Å². The molecule has 2 aromatic carbocycles. The lowest BCUT2D eigenvalue weighted by Crippen LogP contribution is -2.25. The lowest BCUT2D eigenvalue weighted by molar-refractivity contribution is -0.0608. The molecule has 0 bridgehead atoms. The molecule has 0 spiro atoms. The first-order valence-electron chi connectivity index (χ1n) is 13.6. The van der Waals surface area contributed by atoms with E-state index in [0.29, 0.717) is 19.3 Å². The van der Waals surface area contributed by atoms with Crippen LogP contribution in [0.5, 0.6) is 11.5 Å². The number of oxime groups is 2. The monoisotopic (exact) mass is 708 g/mol. The number of halogens is 6. The van der Waals surface area contributed by atoms with Crippen molar-refractivity contribution in [2.75, 3.05) is 24.7 Å². The van der Waals surface area contributed by atoms with E-state index in [0.717, 1.165) is 30.7 Å². The Kier molecular flexibility index (Phi) is 16.3. The number of hydrogen-bond acceptors (Lipinski definition) is 10. The van der Waals surface area contributed by atoms with Crippen LogP contribution in [0.15, 0.2) is 58.8 Å². The van der Waals surface area contributed by atoms with E-state index in [1.807, 2.05) is 6.92 Å². The van der Waals surface area contributed by atoms with Gasteiger partial charge in [-0.25, -0.2) is 0 Å². The van der Waals surface area contributed by atoms with E-state index in [4.69, 9.17) is 19.2 Å². The quantitative estimate of drug-likeness (QED) is 0.0505. The Balaban J connectivity index is 0.00000116. The van der Waals surface area contributed by atoms with Gasteiger partial charge in [0.05, 0.1) is 24.7 Å². The topological polar surface area (TPSA) is 161 Å². The maximum atomic E-state index is 13.4. The zero-order valence-corrected chi connectivity index (χ0v) is 26.3. The van der Waals surface area contributed by atoms with E-state index in [-0.39, 0.29) is 42.4 Å². The second kappa shape index (κ2) is 18.5. The van der Waals surface area contributed by atoms with E-state index >= 15 is 0 Å². The van der Waals surface area contributed by atoms with Gasteiger partial charge >= 0.3 is 22.5 Å². The predicted molar refractivity (Wildman–Crippen MR) is 157 cm³/mol. The van der Waals surface area contributed by atoms with Crippen LogP contribution < -0.4 is 9.47 Å². The third kappa shape index (κ3) is 16.1. The molecular weight excluding hydrogens is 674 g/mol. The van der Waals surface area contributed by atoms with Crippen molar-refractivity contribution >= 4 is 31.7 Å². The summed E-state index contributed by atoms with van der Waals surface area (Å²) < 4.78 is 145. The molecule has 2 aromatic rings. The molecule has 19 heteroatoms. The standard InChI is InChI=1S/C23H24F6N2O6S.C4H10O3S/c1-2-3-15-38(33,34)37-31-21(23(27,28)29)17-7-11-19(12-8-17)36-14-4-13-35-18-9-5-16(6-10-18)20(30-32)22(24,25)26;1-2-3-4-8(5,6)7/h5-12,32H,2-4,13-15H2,1H3;2-4H2,1H3,(H,5,6,7). The van der Waals surface area contributed by atoms with Crippen molar-refractivity contribution in [2.45, 2.75) is 58.3 Å². The molecular formula is C27H34F6N2O9S2. The Morgan fingerprint density at radius 2 is 1.11 bits per heavy atom. The molecule has 0 aromatic heterocycles. The van der Waals surface area contributed by atoms with Gasteiger partial charge in [0.15, 0.2) is 11.4 Å². The zero-order chi connectivity index (χ0) is 35.0. The maximum Gasteiger partial charge on any atom is 0.437 e. The van der Waals surface area contributed by atoms with Gasteiger partial charge < -0.3 is 14.7 Å². The molecule has 46 heavy (non-hydrogen) atoms. The van der Waals surface area contributed by atoms with Gasteiger partial charge in [-0.15, -0.1) is 0 Å². The number of nitrogens with zero attached hydrogens (tertiary/aromatic N) is 2. The van der Waals surface area contributed by atoms with Gasteiger partial charge in [-0.05, 0) is 61.4 Å². The number of benzene rings is 2. The summed E-state index contributed by atoms with van der Waals surface area (Å²) in [6, 6.07) is 9.28. The second-order valence-electron chi connectivity index (χ2n) is 9.31. The molecule has 260 valence electrons. The second-order valence-corrected chi connectivity index (χ2v) is 12.6. The van der Waals surface area contributed by atoms with Crippen LogP contribution in [0.3, 0.4) is 0 Å². The van der Waals surface area contributed by atoms with Gasteiger partial charge in [0.2, 0.25) is 0 Å². The summed E-state index contributed by atoms with van der Waals surface area (Å²) in [6.45, 7) is 3.80. The van der Waals surface area contributed by atoms with Gasteiger partial charge in [-0.2, -0.15) is 43.2 Å². The molecule has 0 aliphatic heterocycles. The fraction of sp³-hybridized carbons (Fsp3) is 0.481. The lowest BCUT2D eigenvalue weighted by Gasteiger charge is -2.12. The molecule has 0 aliphatic carbocycles. The zero-order valence-electron chi connectivity index (χ0n) is 24.7. The van der Waals surface area contributed by atoms with Crippen LogP contribution in [0.2, 0.25) is 0 Å². The van der Waals surface area contributed by atoms with Crippen molar-refractivity contribution in [3.05, 3.63) is 59.7 Å². The highest BCUT2D eigenvalue weighted by molar-refractivity contribution is 7.86. The van der Waals surface area contributed by atoms with Crippen LogP contribution >= 0.6 is 0 Å². The smallest absolute Gasteiger partial charge is 0.437 e. The average Bonchev–Trinajstić information content (AvgIpc) is 2.95. The summed E-state index contributed by atoms with van der Waals surface area (Å²) >= 11 is 0. The highest BCUT2D eigenvalue weighted by atomic mass is 32.2. The Bertz CT molecular complexity index is 1480. The molecule has 0 amide bonds. The van der Waals surface area contributed by atoms with Gasteiger partial charge in [0.25, 0.3) is 10.1 Å². The fourth-order valence-electron chi connectivity index (χ4n) is 3.18. The molecule has 2 N–H and O–H groups in total. The molecule has 2 rings (SSSR count). The molecule has 0 saturated heterocycles. The summed E-state index contributed by atoms with van der Waals surface area (Å²) in [4.78, 5) is 0. The largest absolute Gasteiger partial charge is 0.493 e. The molecule has 0 saturated carbocycles. The van der Waals surface area contributed by atoms with Crippen molar-refractivity contribution in [1.82, 2.24) is 0 Å². The first kappa shape index (κ1) is 40.4. The third-order valence-electron chi connectivity index (χ3n) is 5.46. The minimum atomic E-state index is -4.97. The van der Waals surface area contributed by atoms with E-state index < -0.39 is 55.3 Å². The van der Waals surface area contributed by atoms with Gasteiger partial charge in [0.1, 0.15) is 11.5 Å². The van der Waals surface area contributed by atoms with Crippen LogP contribution in [0.1, 0.15) is 57.1 Å². The molecule has 11 nitrogen and oxygen atoms in total. The summed E-state index contributed by atoms with van der Waals surface area (Å²) in [5, 5.41) is 13.7.